The Morgan fingerprint density at radius 3 is 2.30 bits per heavy atom. The summed E-state index contributed by atoms with van der Waals surface area (Å²) >= 11 is 1.49. The molecule has 0 spiro atoms. The summed E-state index contributed by atoms with van der Waals surface area (Å²) in [6.07, 6.45) is 3.73. The van der Waals surface area contributed by atoms with Gasteiger partial charge in [0.15, 0.2) is 0 Å². The standard InChI is InChI=1S/C25H24N4O3S/c1-2-26-24(31)18-15-29(13-12-17-8-4-3-5-9-17)16-19(23(18)30)25(32)27-14-22-28-20-10-6-7-11-21(20)33-22/h3-11,15-16H,2,12-14H2,1H3,(H,26,31)(H,27,32). The highest BCUT2D eigenvalue weighted by atomic mass is 32.1. The van der Waals surface area contributed by atoms with Crippen molar-refractivity contribution in [2.24, 2.45) is 0 Å². The van der Waals surface area contributed by atoms with E-state index >= 15 is 0 Å². The molecule has 0 aliphatic carbocycles. The van der Waals surface area contributed by atoms with Gasteiger partial charge in [-0.1, -0.05) is 42.5 Å². The number of hydrogen-bond acceptors (Lipinski definition) is 5. The van der Waals surface area contributed by atoms with Crippen LogP contribution in [-0.2, 0) is 19.5 Å². The van der Waals surface area contributed by atoms with Crippen molar-refractivity contribution in [3.05, 3.63) is 98.9 Å². The van der Waals surface area contributed by atoms with Crippen molar-refractivity contribution in [3.63, 3.8) is 0 Å². The Balaban J connectivity index is 1.57. The van der Waals surface area contributed by atoms with Crippen LogP contribution >= 0.6 is 11.3 Å². The van der Waals surface area contributed by atoms with E-state index in [2.05, 4.69) is 15.6 Å². The fourth-order valence-electron chi connectivity index (χ4n) is 3.49. The number of pyridine rings is 1. The number of aromatic nitrogens is 2. The molecule has 0 unspecified atom stereocenters. The first-order valence-electron chi connectivity index (χ1n) is 10.7. The van der Waals surface area contributed by atoms with Crippen LogP contribution < -0.4 is 16.1 Å². The van der Waals surface area contributed by atoms with E-state index in [0.717, 1.165) is 20.8 Å². The third-order valence-corrected chi connectivity index (χ3v) is 6.18. The van der Waals surface area contributed by atoms with Gasteiger partial charge in [-0.2, -0.15) is 0 Å². The Morgan fingerprint density at radius 2 is 1.61 bits per heavy atom. The lowest BCUT2D eigenvalue weighted by Crippen LogP contribution is -2.35. The Kier molecular flexibility index (Phi) is 6.95. The largest absolute Gasteiger partial charge is 0.352 e. The van der Waals surface area contributed by atoms with Crippen LogP contribution in [-0.4, -0.2) is 27.9 Å². The van der Waals surface area contributed by atoms with Crippen molar-refractivity contribution < 1.29 is 9.59 Å². The highest BCUT2D eigenvalue weighted by Crippen LogP contribution is 2.21. The normalized spacial score (nSPS) is 10.8. The number of hydrogen-bond donors (Lipinski definition) is 2. The maximum Gasteiger partial charge on any atom is 0.257 e. The van der Waals surface area contributed by atoms with Crippen molar-refractivity contribution in [3.8, 4) is 0 Å². The second-order valence-electron chi connectivity index (χ2n) is 7.51. The van der Waals surface area contributed by atoms with E-state index in [-0.39, 0.29) is 17.7 Å². The number of nitrogens with one attached hydrogen (secondary N) is 2. The molecule has 0 bridgehead atoms. The second kappa shape index (κ2) is 10.2. The van der Waals surface area contributed by atoms with Crippen LogP contribution in [0.25, 0.3) is 10.2 Å². The Morgan fingerprint density at radius 1 is 0.939 bits per heavy atom. The molecule has 0 saturated heterocycles. The summed E-state index contributed by atoms with van der Waals surface area (Å²) in [5.41, 5.74) is 1.30. The lowest BCUT2D eigenvalue weighted by atomic mass is 10.1. The van der Waals surface area contributed by atoms with Crippen molar-refractivity contribution in [1.82, 2.24) is 20.2 Å². The van der Waals surface area contributed by atoms with Gasteiger partial charge < -0.3 is 15.2 Å². The van der Waals surface area contributed by atoms with Crippen molar-refractivity contribution in [2.75, 3.05) is 6.54 Å². The summed E-state index contributed by atoms with van der Waals surface area (Å²) in [4.78, 5) is 42.9. The van der Waals surface area contributed by atoms with Crippen LogP contribution in [0.3, 0.4) is 0 Å². The number of fused-ring (bicyclic) bond motifs is 1. The molecule has 33 heavy (non-hydrogen) atoms. The van der Waals surface area contributed by atoms with E-state index < -0.39 is 17.2 Å². The number of thiazole rings is 1. The van der Waals surface area contributed by atoms with Crippen LogP contribution in [0.1, 0.15) is 38.2 Å². The molecular weight excluding hydrogens is 436 g/mol. The molecule has 0 fully saturated rings. The van der Waals surface area contributed by atoms with E-state index in [1.165, 1.54) is 23.7 Å². The van der Waals surface area contributed by atoms with Gasteiger partial charge in [0.2, 0.25) is 5.43 Å². The molecule has 4 aromatic rings. The fraction of sp³-hybridized carbons (Fsp3) is 0.200. The highest BCUT2D eigenvalue weighted by molar-refractivity contribution is 7.18. The topological polar surface area (TPSA) is 93.1 Å². The highest BCUT2D eigenvalue weighted by Gasteiger charge is 2.19. The average Bonchev–Trinajstić information content (AvgIpc) is 3.25. The number of carbonyl (C=O) groups is 2. The van der Waals surface area contributed by atoms with E-state index in [1.807, 2.05) is 54.6 Å². The molecule has 2 aromatic carbocycles. The molecule has 0 saturated carbocycles. The molecule has 0 radical (unpaired) electrons. The zero-order chi connectivity index (χ0) is 23.2. The predicted molar refractivity (Wildman–Crippen MR) is 130 cm³/mol. The first-order chi connectivity index (χ1) is 16.0. The Hall–Kier alpha value is -3.78. The van der Waals surface area contributed by atoms with Crippen LogP contribution in [0.4, 0.5) is 0 Å². The van der Waals surface area contributed by atoms with E-state index in [9.17, 15) is 14.4 Å². The lowest BCUT2D eigenvalue weighted by molar-refractivity contribution is 0.0948. The molecule has 2 aromatic heterocycles. The van der Waals surface area contributed by atoms with Gasteiger partial charge in [-0.25, -0.2) is 4.98 Å². The minimum atomic E-state index is -0.585. The summed E-state index contributed by atoms with van der Waals surface area (Å²) in [6, 6.07) is 17.6. The molecular formula is C25H24N4O3S. The van der Waals surface area contributed by atoms with Gasteiger partial charge in [-0.15, -0.1) is 11.3 Å². The molecule has 2 amide bonds. The SMILES string of the molecule is CCNC(=O)c1cn(CCc2ccccc2)cc(C(=O)NCc2nc3ccccc3s2)c1=O. The first-order valence-corrected chi connectivity index (χ1v) is 11.6. The van der Waals surface area contributed by atoms with Crippen LogP contribution in [0.5, 0.6) is 0 Å². The summed E-state index contributed by atoms with van der Waals surface area (Å²) in [7, 11) is 0. The number of para-hydroxylation sites is 1. The van der Waals surface area contributed by atoms with Gasteiger partial charge in [0.05, 0.1) is 16.8 Å². The van der Waals surface area contributed by atoms with Crippen molar-refractivity contribution in [2.45, 2.75) is 26.4 Å². The first kappa shape index (κ1) is 22.4. The average molecular weight is 461 g/mol. The molecule has 0 aliphatic heterocycles. The minimum Gasteiger partial charge on any atom is -0.352 e. The quantitative estimate of drug-likeness (QED) is 0.422. The maximum absolute atomic E-state index is 13.0. The summed E-state index contributed by atoms with van der Waals surface area (Å²) in [5, 5.41) is 6.17. The summed E-state index contributed by atoms with van der Waals surface area (Å²) < 4.78 is 2.76. The number of nitrogens with zero attached hydrogens (tertiary/aromatic N) is 2. The third-order valence-electron chi connectivity index (χ3n) is 5.15. The van der Waals surface area contributed by atoms with Crippen molar-refractivity contribution >= 4 is 33.4 Å². The molecule has 2 N–H and O–H groups in total. The van der Waals surface area contributed by atoms with E-state index in [4.69, 9.17) is 0 Å². The van der Waals surface area contributed by atoms with Gasteiger partial charge in [0.1, 0.15) is 16.1 Å². The molecule has 4 rings (SSSR count). The van der Waals surface area contributed by atoms with Gasteiger partial charge in [-0.3, -0.25) is 14.4 Å². The zero-order valence-corrected chi connectivity index (χ0v) is 19.0. The van der Waals surface area contributed by atoms with E-state index in [1.54, 1.807) is 11.5 Å². The number of rotatable bonds is 8. The van der Waals surface area contributed by atoms with Gasteiger partial charge in [0, 0.05) is 25.5 Å². The molecule has 0 atom stereocenters. The van der Waals surface area contributed by atoms with Gasteiger partial charge in [-0.05, 0) is 31.0 Å². The number of carbonyl (C=O) groups excluding carboxylic acids is 2. The minimum absolute atomic E-state index is 0.0439. The molecule has 8 heteroatoms. The summed E-state index contributed by atoms with van der Waals surface area (Å²) in [5.74, 6) is -1.02. The van der Waals surface area contributed by atoms with Crippen molar-refractivity contribution in [1.29, 1.82) is 0 Å². The number of amides is 2. The predicted octanol–water partition coefficient (Wildman–Crippen LogP) is 3.38. The second-order valence-corrected chi connectivity index (χ2v) is 8.62. The van der Waals surface area contributed by atoms with Crippen LogP contribution in [0.15, 0.2) is 71.8 Å². The molecule has 7 nitrogen and oxygen atoms in total. The smallest absolute Gasteiger partial charge is 0.257 e. The van der Waals surface area contributed by atoms with Gasteiger partial charge in [0.25, 0.3) is 11.8 Å². The Labute approximate surface area is 195 Å². The monoisotopic (exact) mass is 460 g/mol. The number of benzene rings is 2. The third kappa shape index (κ3) is 5.35. The van der Waals surface area contributed by atoms with Crippen LogP contribution in [0.2, 0.25) is 0 Å². The Bertz CT molecular complexity index is 1310. The molecule has 0 aliphatic rings. The lowest BCUT2D eigenvalue weighted by Gasteiger charge is -2.12. The maximum atomic E-state index is 13.0. The number of aryl methyl sites for hydroxylation is 2. The fourth-order valence-corrected chi connectivity index (χ4v) is 4.40. The zero-order valence-electron chi connectivity index (χ0n) is 18.2. The molecule has 2 heterocycles. The molecule has 168 valence electrons. The van der Waals surface area contributed by atoms with E-state index in [0.29, 0.717) is 19.5 Å². The summed E-state index contributed by atoms with van der Waals surface area (Å²) in [6.45, 7) is 2.89. The van der Waals surface area contributed by atoms with Crippen LogP contribution in [0, 0.1) is 0 Å². The van der Waals surface area contributed by atoms with Gasteiger partial charge >= 0.3 is 0 Å².